The monoisotopic (exact) mass is 802 g/mol. The third-order valence-corrected chi connectivity index (χ3v) is 13.1. The molecule has 0 bridgehead atoms. The van der Waals surface area contributed by atoms with E-state index in [-0.39, 0.29) is 0 Å². The van der Waals surface area contributed by atoms with Gasteiger partial charge in [0.2, 0.25) is 0 Å². The van der Waals surface area contributed by atoms with Gasteiger partial charge in [-0.2, -0.15) is 0 Å². The maximum atomic E-state index is 2.49. The highest BCUT2D eigenvalue weighted by Gasteiger charge is 2.51. The highest BCUT2D eigenvalue weighted by molar-refractivity contribution is 5.99. The van der Waals surface area contributed by atoms with Crippen molar-refractivity contribution in [3.05, 3.63) is 277 Å². The van der Waals surface area contributed by atoms with Crippen molar-refractivity contribution < 1.29 is 0 Å². The average Bonchev–Trinajstić information content (AvgIpc) is 3.65. The van der Waals surface area contributed by atoms with Gasteiger partial charge in [0.05, 0.1) is 22.5 Å². The van der Waals surface area contributed by atoms with Gasteiger partial charge in [-0.05, 0) is 116 Å². The van der Waals surface area contributed by atoms with Gasteiger partial charge in [-0.25, -0.2) is 0 Å². The highest BCUT2D eigenvalue weighted by Crippen LogP contribution is 2.64. The third-order valence-electron chi connectivity index (χ3n) is 13.1. The van der Waals surface area contributed by atoms with Gasteiger partial charge in [-0.3, -0.25) is 0 Å². The second kappa shape index (κ2) is 15.1. The van der Waals surface area contributed by atoms with Gasteiger partial charge in [0, 0.05) is 22.6 Å². The molecule has 12 rings (SSSR count). The van der Waals surface area contributed by atoms with E-state index in [0.717, 1.165) is 28.3 Å². The minimum Gasteiger partial charge on any atom is -0.310 e. The summed E-state index contributed by atoms with van der Waals surface area (Å²) >= 11 is 0. The molecule has 2 heteroatoms. The molecule has 0 unspecified atom stereocenters. The van der Waals surface area contributed by atoms with E-state index in [4.69, 9.17) is 0 Å². The predicted octanol–water partition coefficient (Wildman–Crippen LogP) is 16.3. The van der Waals surface area contributed by atoms with E-state index in [0.29, 0.717) is 0 Å². The van der Waals surface area contributed by atoms with Crippen LogP contribution in [0, 0.1) is 0 Å². The van der Waals surface area contributed by atoms with Crippen LogP contribution >= 0.6 is 0 Å². The largest absolute Gasteiger partial charge is 0.310 e. The standard InChI is InChI=1S/C61H42N2/c1-4-20-43(21-5-1)44-36-38-47(39-37-44)62(58-33-17-13-29-53(58)50-27-11-10-26-49(50)45-22-6-2-7-23-45)48-40-41-52-51-28-12-14-30-54(51)61(57(52)42-48)55-31-15-18-34-59(55)63(46-24-8-3-9-25-46)60-35-19-16-32-56(60)61/h1-42H. The van der Waals surface area contributed by atoms with E-state index in [1.54, 1.807) is 0 Å². The predicted molar refractivity (Wildman–Crippen MR) is 263 cm³/mol. The minimum atomic E-state index is -0.581. The fourth-order valence-corrected chi connectivity index (χ4v) is 10.4. The molecule has 0 aromatic heterocycles. The van der Waals surface area contributed by atoms with Crippen molar-refractivity contribution >= 4 is 34.1 Å². The molecule has 0 N–H and O–H groups in total. The Labute approximate surface area is 369 Å². The van der Waals surface area contributed by atoms with Crippen LogP contribution in [0.25, 0.3) is 44.5 Å². The third kappa shape index (κ3) is 5.80. The first-order valence-electron chi connectivity index (χ1n) is 21.8. The molecule has 0 saturated heterocycles. The molecule has 0 saturated carbocycles. The van der Waals surface area contributed by atoms with Gasteiger partial charge in [0.15, 0.2) is 0 Å². The molecule has 296 valence electrons. The van der Waals surface area contributed by atoms with Crippen LogP contribution in [0.15, 0.2) is 255 Å². The van der Waals surface area contributed by atoms with Crippen LogP contribution in [-0.4, -0.2) is 0 Å². The van der Waals surface area contributed by atoms with E-state index in [1.807, 2.05) is 0 Å². The molecule has 1 aliphatic heterocycles. The van der Waals surface area contributed by atoms with Crippen molar-refractivity contribution in [3.63, 3.8) is 0 Å². The smallest absolute Gasteiger partial charge is 0.0755 e. The summed E-state index contributed by atoms with van der Waals surface area (Å²) in [6, 6.07) is 93.3. The molecular formula is C61H42N2. The second-order valence-corrected chi connectivity index (χ2v) is 16.4. The van der Waals surface area contributed by atoms with Crippen LogP contribution in [0.2, 0.25) is 0 Å². The second-order valence-electron chi connectivity index (χ2n) is 16.4. The quantitative estimate of drug-likeness (QED) is 0.158. The van der Waals surface area contributed by atoms with Crippen molar-refractivity contribution in [2.75, 3.05) is 9.80 Å². The molecule has 63 heavy (non-hydrogen) atoms. The first kappa shape index (κ1) is 36.6. The summed E-state index contributed by atoms with van der Waals surface area (Å²) in [5.74, 6) is 0. The number of benzene rings is 10. The maximum absolute atomic E-state index is 2.49. The first-order chi connectivity index (χ1) is 31.3. The molecule has 10 aromatic rings. The fourth-order valence-electron chi connectivity index (χ4n) is 10.4. The Morgan fingerprint density at radius 1 is 0.286 bits per heavy atom. The van der Waals surface area contributed by atoms with Gasteiger partial charge in [0.1, 0.15) is 0 Å². The SMILES string of the molecule is c1ccc(-c2ccc(N(c3ccc4c(c3)C3(c5ccccc5-4)c4ccccc4N(c4ccccc4)c4ccccc43)c3ccccc3-c3ccccc3-c3ccccc3)cc2)cc1. The molecule has 2 nitrogen and oxygen atoms in total. The molecule has 0 amide bonds. The zero-order valence-electron chi connectivity index (χ0n) is 34.6. The number of fused-ring (bicyclic) bond motifs is 9. The maximum Gasteiger partial charge on any atom is 0.0755 e. The number of para-hydroxylation sites is 4. The van der Waals surface area contributed by atoms with Gasteiger partial charge in [-0.1, -0.05) is 200 Å². The molecule has 2 aliphatic rings. The lowest BCUT2D eigenvalue weighted by molar-refractivity contribution is 0.752. The van der Waals surface area contributed by atoms with Gasteiger partial charge in [-0.15, -0.1) is 0 Å². The fraction of sp³-hybridized carbons (Fsp3) is 0.0164. The van der Waals surface area contributed by atoms with Gasteiger partial charge < -0.3 is 9.80 Å². The van der Waals surface area contributed by atoms with Crippen LogP contribution in [0.5, 0.6) is 0 Å². The molecule has 1 spiro atoms. The zero-order chi connectivity index (χ0) is 41.7. The number of hydrogen-bond donors (Lipinski definition) is 0. The van der Waals surface area contributed by atoms with Crippen LogP contribution in [0.1, 0.15) is 22.3 Å². The summed E-state index contributed by atoms with van der Waals surface area (Å²) in [7, 11) is 0. The molecule has 1 aliphatic carbocycles. The van der Waals surface area contributed by atoms with E-state index in [1.165, 1.54) is 72.6 Å². The van der Waals surface area contributed by atoms with E-state index in [9.17, 15) is 0 Å². The van der Waals surface area contributed by atoms with E-state index >= 15 is 0 Å². The Bertz CT molecular complexity index is 3230. The summed E-state index contributed by atoms with van der Waals surface area (Å²) in [4.78, 5) is 4.92. The number of nitrogens with zero attached hydrogens (tertiary/aromatic N) is 2. The van der Waals surface area contributed by atoms with Crippen LogP contribution < -0.4 is 9.80 Å². The summed E-state index contributed by atoms with van der Waals surface area (Å²) in [6.07, 6.45) is 0. The Hall–Kier alpha value is -8.20. The van der Waals surface area contributed by atoms with Crippen molar-refractivity contribution in [1.29, 1.82) is 0 Å². The summed E-state index contributed by atoms with van der Waals surface area (Å²) < 4.78 is 0. The number of anilines is 6. The van der Waals surface area contributed by atoms with Crippen molar-refractivity contribution in [3.8, 4) is 44.5 Å². The van der Waals surface area contributed by atoms with E-state index < -0.39 is 5.41 Å². The molecule has 1 heterocycles. The molecule has 0 fully saturated rings. The normalized spacial score (nSPS) is 12.9. The van der Waals surface area contributed by atoms with Crippen molar-refractivity contribution in [2.24, 2.45) is 0 Å². The Morgan fingerprint density at radius 2 is 0.746 bits per heavy atom. The number of rotatable bonds is 7. The zero-order valence-corrected chi connectivity index (χ0v) is 34.6. The van der Waals surface area contributed by atoms with E-state index in [2.05, 4.69) is 265 Å². The minimum absolute atomic E-state index is 0.581. The molecule has 0 radical (unpaired) electrons. The summed E-state index contributed by atoms with van der Waals surface area (Å²) in [5.41, 5.74) is 21.0. The van der Waals surface area contributed by atoms with Crippen LogP contribution in [0.4, 0.5) is 34.1 Å². The van der Waals surface area contributed by atoms with Crippen molar-refractivity contribution in [1.82, 2.24) is 0 Å². The molecular weight excluding hydrogens is 761 g/mol. The lowest BCUT2D eigenvalue weighted by Crippen LogP contribution is -2.36. The van der Waals surface area contributed by atoms with Crippen LogP contribution in [0.3, 0.4) is 0 Å². The number of hydrogen-bond acceptors (Lipinski definition) is 2. The molecule has 0 atom stereocenters. The lowest BCUT2D eigenvalue weighted by Gasteiger charge is -2.45. The Morgan fingerprint density at radius 3 is 1.41 bits per heavy atom. The summed E-state index contributed by atoms with van der Waals surface area (Å²) in [5, 5.41) is 0. The van der Waals surface area contributed by atoms with Gasteiger partial charge >= 0.3 is 0 Å². The summed E-state index contributed by atoms with van der Waals surface area (Å²) in [6.45, 7) is 0. The Balaban J connectivity index is 1.12. The van der Waals surface area contributed by atoms with Gasteiger partial charge in [0.25, 0.3) is 0 Å². The molecule has 10 aromatic carbocycles. The van der Waals surface area contributed by atoms with Crippen molar-refractivity contribution in [2.45, 2.75) is 5.41 Å². The Kier molecular flexibility index (Phi) is 8.76. The van der Waals surface area contributed by atoms with Crippen LogP contribution in [-0.2, 0) is 5.41 Å². The average molecular weight is 803 g/mol. The highest BCUT2D eigenvalue weighted by atomic mass is 15.2. The lowest BCUT2D eigenvalue weighted by atomic mass is 9.64. The topological polar surface area (TPSA) is 6.48 Å². The first-order valence-corrected chi connectivity index (χ1v) is 21.8.